The lowest BCUT2D eigenvalue weighted by Crippen LogP contribution is -2.35. The summed E-state index contributed by atoms with van der Waals surface area (Å²) in [7, 11) is -1.62. The van der Waals surface area contributed by atoms with E-state index >= 15 is 0 Å². The van der Waals surface area contributed by atoms with Crippen molar-refractivity contribution in [3.63, 3.8) is 0 Å². The number of carboxylic acid groups (broad SMARTS) is 1. The Morgan fingerprint density at radius 2 is 1.91 bits per heavy atom. The highest BCUT2D eigenvalue weighted by molar-refractivity contribution is 7.85. The number of hydrogen-bond acceptors (Lipinski definition) is 7. The number of aliphatic imine (C=N–C) groups is 1. The second-order valence-electron chi connectivity index (χ2n) is 7.87. The van der Waals surface area contributed by atoms with Crippen molar-refractivity contribution in [3.8, 4) is 0 Å². The summed E-state index contributed by atoms with van der Waals surface area (Å²) in [5.74, 6) is -0.649. The molecular weight excluding hydrogens is 466 g/mol. The van der Waals surface area contributed by atoms with E-state index in [-0.39, 0.29) is 12.3 Å². The molecule has 0 saturated heterocycles. The Balaban J connectivity index is 1.43. The highest BCUT2D eigenvalue weighted by atomic mass is 32.2. The van der Waals surface area contributed by atoms with Crippen molar-refractivity contribution in [1.82, 2.24) is 10.3 Å². The van der Waals surface area contributed by atoms with Gasteiger partial charge in [0.15, 0.2) is 5.96 Å². The molecule has 1 aliphatic rings. The van der Waals surface area contributed by atoms with Gasteiger partial charge in [0.25, 0.3) is 5.91 Å². The summed E-state index contributed by atoms with van der Waals surface area (Å²) in [4.78, 5) is 33.0. The van der Waals surface area contributed by atoms with Crippen molar-refractivity contribution in [1.29, 1.82) is 0 Å². The van der Waals surface area contributed by atoms with Gasteiger partial charge in [0.05, 0.1) is 22.5 Å². The molecule has 2 atom stereocenters. The minimum Gasteiger partial charge on any atom is -0.481 e. The highest BCUT2D eigenvalue weighted by Gasteiger charge is 2.24. The molecule has 10 heteroatoms. The lowest BCUT2D eigenvalue weighted by molar-refractivity contribution is -0.137. The molecule has 35 heavy (non-hydrogen) atoms. The molecule has 1 aromatic heterocycles. The Labute approximate surface area is 205 Å². The van der Waals surface area contributed by atoms with Gasteiger partial charge in [0, 0.05) is 47.3 Å². The van der Waals surface area contributed by atoms with Crippen molar-refractivity contribution in [2.45, 2.75) is 23.0 Å². The molecule has 0 radical (unpaired) electrons. The summed E-state index contributed by atoms with van der Waals surface area (Å²) in [5, 5.41) is 17.7. The Hall–Kier alpha value is -4.05. The Morgan fingerprint density at radius 1 is 1.09 bits per heavy atom. The van der Waals surface area contributed by atoms with Gasteiger partial charge in [0.2, 0.25) is 0 Å². The second-order valence-corrected chi connectivity index (χ2v) is 9.50. The largest absolute Gasteiger partial charge is 0.481 e. The predicted octanol–water partition coefficient (Wildman–Crippen LogP) is 3.42. The van der Waals surface area contributed by atoms with Crippen LogP contribution >= 0.6 is 0 Å². The molecule has 0 fully saturated rings. The number of aliphatic carboxylic acids is 1. The van der Waals surface area contributed by atoms with E-state index in [0.717, 1.165) is 25.2 Å². The quantitative estimate of drug-likeness (QED) is 0.379. The van der Waals surface area contributed by atoms with Crippen LogP contribution in [0.3, 0.4) is 0 Å². The monoisotopic (exact) mass is 491 g/mol. The SMILES string of the molecule is O=C(O)CC(c1cccnc1)S(=O)c1ccc(NC(=O)c2cccc(NC3=NCCCN3)c2)cc1. The standard InChI is InChI=1S/C25H25N5O4S/c31-23(32)15-22(18-5-2-11-26-16-18)35(34)21-9-7-19(8-10-21)29-24(33)17-4-1-6-20(14-17)30-25-27-12-3-13-28-25/h1-2,4-11,14,16,22H,3,12-13,15H2,(H,29,33)(H,31,32)(H2,27,28,30). The van der Waals surface area contributed by atoms with E-state index < -0.39 is 22.0 Å². The zero-order chi connectivity index (χ0) is 24.6. The topological polar surface area (TPSA) is 133 Å². The molecule has 2 aromatic carbocycles. The molecule has 4 rings (SSSR count). The predicted molar refractivity (Wildman–Crippen MR) is 135 cm³/mol. The van der Waals surface area contributed by atoms with E-state index in [9.17, 15) is 18.9 Å². The first kappa shape index (κ1) is 24.1. The normalized spacial score (nSPS) is 14.7. The Bertz CT molecular complexity index is 1250. The van der Waals surface area contributed by atoms with Crippen molar-refractivity contribution >= 4 is 40.0 Å². The minimum atomic E-state index is -1.62. The summed E-state index contributed by atoms with van der Waals surface area (Å²) >= 11 is 0. The summed E-state index contributed by atoms with van der Waals surface area (Å²) in [5.41, 5.74) is 2.34. The molecule has 2 unspecified atom stereocenters. The number of nitrogens with one attached hydrogen (secondary N) is 3. The number of nitrogens with zero attached hydrogens (tertiary/aromatic N) is 2. The van der Waals surface area contributed by atoms with E-state index in [1.165, 1.54) is 6.20 Å². The van der Waals surface area contributed by atoms with Crippen LogP contribution in [0.2, 0.25) is 0 Å². The smallest absolute Gasteiger partial charge is 0.304 e. The first-order valence-corrected chi connectivity index (χ1v) is 12.3. The van der Waals surface area contributed by atoms with Gasteiger partial charge in [-0.05, 0) is 60.5 Å². The van der Waals surface area contributed by atoms with E-state index in [1.54, 1.807) is 60.8 Å². The van der Waals surface area contributed by atoms with Gasteiger partial charge in [-0.15, -0.1) is 0 Å². The number of amides is 1. The fraction of sp³-hybridized carbons (Fsp3) is 0.200. The lowest BCUT2D eigenvalue weighted by atomic mass is 10.1. The molecule has 0 spiro atoms. The Kier molecular flexibility index (Phi) is 7.84. The fourth-order valence-corrected chi connectivity index (χ4v) is 4.99. The van der Waals surface area contributed by atoms with E-state index in [1.807, 2.05) is 6.07 Å². The number of benzene rings is 2. The van der Waals surface area contributed by atoms with Crippen LogP contribution < -0.4 is 16.0 Å². The van der Waals surface area contributed by atoms with E-state index in [2.05, 4.69) is 25.9 Å². The first-order chi connectivity index (χ1) is 17.0. The number of aromatic nitrogens is 1. The summed E-state index contributed by atoms with van der Waals surface area (Å²) < 4.78 is 13.1. The van der Waals surface area contributed by atoms with Crippen molar-refractivity contribution in [3.05, 3.63) is 84.2 Å². The van der Waals surface area contributed by atoms with Crippen molar-refractivity contribution < 1.29 is 18.9 Å². The van der Waals surface area contributed by atoms with Crippen LogP contribution in [0.25, 0.3) is 0 Å². The van der Waals surface area contributed by atoms with Gasteiger partial charge < -0.3 is 21.1 Å². The molecule has 180 valence electrons. The van der Waals surface area contributed by atoms with Crippen molar-refractivity contribution in [2.24, 2.45) is 4.99 Å². The molecule has 0 saturated carbocycles. The third-order valence-corrected chi connectivity index (χ3v) is 7.00. The van der Waals surface area contributed by atoms with Gasteiger partial charge in [-0.2, -0.15) is 0 Å². The van der Waals surface area contributed by atoms with Gasteiger partial charge in [-0.25, -0.2) is 0 Å². The third-order valence-electron chi connectivity index (χ3n) is 5.30. The molecule has 0 bridgehead atoms. The van der Waals surface area contributed by atoms with Crippen LogP contribution in [0, 0.1) is 0 Å². The maximum atomic E-state index is 13.1. The average Bonchev–Trinajstić information content (AvgIpc) is 2.88. The third kappa shape index (κ3) is 6.51. The number of hydrogen-bond donors (Lipinski definition) is 4. The number of guanidine groups is 1. The zero-order valence-electron chi connectivity index (χ0n) is 18.8. The number of carboxylic acids is 1. The molecular formula is C25H25N5O4S. The molecule has 0 aliphatic carbocycles. The fourth-order valence-electron chi connectivity index (χ4n) is 3.57. The van der Waals surface area contributed by atoms with Crippen LogP contribution in [-0.4, -0.2) is 45.2 Å². The molecule has 9 nitrogen and oxygen atoms in total. The van der Waals surface area contributed by atoms with Crippen LogP contribution in [-0.2, 0) is 15.6 Å². The summed E-state index contributed by atoms with van der Waals surface area (Å²) in [6, 6.07) is 17.0. The number of carbonyl (C=O) groups is 2. The molecule has 2 heterocycles. The maximum Gasteiger partial charge on any atom is 0.304 e. The first-order valence-electron chi connectivity index (χ1n) is 11.1. The van der Waals surface area contributed by atoms with Crippen LogP contribution in [0.1, 0.15) is 34.0 Å². The summed E-state index contributed by atoms with van der Waals surface area (Å²) in [6.45, 7) is 1.61. The molecule has 3 aromatic rings. The number of pyridine rings is 1. The molecule has 1 amide bonds. The van der Waals surface area contributed by atoms with Gasteiger partial charge in [-0.3, -0.25) is 23.8 Å². The van der Waals surface area contributed by atoms with Crippen LogP contribution in [0.4, 0.5) is 11.4 Å². The number of carbonyl (C=O) groups excluding carboxylic acids is 1. The van der Waals surface area contributed by atoms with Crippen molar-refractivity contribution in [2.75, 3.05) is 23.7 Å². The van der Waals surface area contributed by atoms with Gasteiger partial charge in [-0.1, -0.05) is 12.1 Å². The molecule has 1 aliphatic heterocycles. The van der Waals surface area contributed by atoms with Gasteiger partial charge in [0.1, 0.15) is 0 Å². The number of rotatable bonds is 8. The van der Waals surface area contributed by atoms with Crippen LogP contribution in [0.5, 0.6) is 0 Å². The van der Waals surface area contributed by atoms with Crippen LogP contribution in [0.15, 0.2) is 82.9 Å². The minimum absolute atomic E-state index is 0.289. The van der Waals surface area contributed by atoms with Gasteiger partial charge >= 0.3 is 5.97 Å². The molecule has 4 N–H and O–H groups in total. The van der Waals surface area contributed by atoms with E-state index in [0.29, 0.717) is 27.7 Å². The lowest BCUT2D eigenvalue weighted by Gasteiger charge is -2.16. The number of anilines is 2. The summed E-state index contributed by atoms with van der Waals surface area (Å²) in [6.07, 6.45) is 3.81. The maximum absolute atomic E-state index is 13.1. The zero-order valence-corrected chi connectivity index (χ0v) is 19.6. The highest BCUT2D eigenvalue weighted by Crippen LogP contribution is 2.29. The Morgan fingerprint density at radius 3 is 2.60 bits per heavy atom. The average molecular weight is 492 g/mol. The van der Waals surface area contributed by atoms with E-state index in [4.69, 9.17) is 0 Å². The second kappa shape index (κ2) is 11.4.